The molecule has 48 heavy (non-hydrogen) atoms. The highest BCUT2D eigenvalue weighted by atomic mass is 79.9. The normalized spacial score (nSPS) is 29.6. The first-order valence-corrected chi connectivity index (χ1v) is 15.7. The Morgan fingerprint density at radius 1 is 0.771 bits per heavy atom. The largest absolute Gasteiger partial charge is 0.505 e. The fourth-order valence-corrected chi connectivity index (χ4v) is 8.71. The summed E-state index contributed by atoms with van der Waals surface area (Å²) in [4.78, 5) is 51.0. The van der Waals surface area contributed by atoms with Gasteiger partial charge in [0.25, 0.3) is 11.8 Å². The summed E-state index contributed by atoms with van der Waals surface area (Å²) in [6, 6.07) is 9.32. The second-order valence-electron chi connectivity index (χ2n) is 11.9. The summed E-state index contributed by atoms with van der Waals surface area (Å²) in [5.74, 6) is -24.8. The van der Waals surface area contributed by atoms with E-state index in [-0.39, 0.29) is 22.6 Å². The highest BCUT2D eigenvalue weighted by Crippen LogP contribution is 2.66. The third kappa shape index (κ3) is 4.02. The van der Waals surface area contributed by atoms with Crippen LogP contribution in [-0.2, 0) is 19.2 Å². The van der Waals surface area contributed by atoms with Crippen LogP contribution in [0.2, 0.25) is 0 Å². The van der Waals surface area contributed by atoms with Crippen molar-refractivity contribution in [2.45, 2.75) is 28.5 Å². The SMILES string of the molecule is O=C1[C@H]2[C@H](CC=C3[C@H]2C[C@@]2(Cl)C(=O)N(c4c(F)c(F)c(F)c(F)c4F)C(=O)[C@@]2(Cl)[C@H]3c2cccc(F)c2O)C(=O)N1c1ccc(Br)cc1. The van der Waals surface area contributed by atoms with Crippen LogP contribution < -0.4 is 9.80 Å². The number of aromatic hydroxyl groups is 1. The zero-order valence-corrected chi connectivity index (χ0v) is 26.8. The van der Waals surface area contributed by atoms with Crippen molar-refractivity contribution in [2.75, 3.05) is 9.80 Å². The molecule has 4 aliphatic rings. The molecule has 248 valence electrons. The van der Waals surface area contributed by atoms with Gasteiger partial charge in [0.2, 0.25) is 17.6 Å². The van der Waals surface area contributed by atoms with Crippen LogP contribution in [0.4, 0.5) is 37.7 Å². The molecule has 7 rings (SSSR count). The minimum absolute atomic E-state index is 0.0719. The Morgan fingerprint density at radius 3 is 2.00 bits per heavy atom. The van der Waals surface area contributed by atoms with Gasteiger partial charge in [0, 0.05) is 16.0 Å². The van der Waals surface area contributed by atoms with Gasteiger partial charge in [-0.3, -0.25) is 24.1 Å². The molecule has 0 spiro atoms. The number of halogens is 9. The molecule has 2 saturated heterocycles. The molecule has 16 heteroatoms. The van der Waals surface area contributed by atoms with Crippen LogP contribution in [-0.4, -0.2) is 38.5 Å². The number of benzene rings is 3. The first-order valence-electron chi connectivity index (χ1n) is 14.2. The van der Waals surface area contributed by atoms with Gasteiger partial charge in [0.1, 0.15) is 5.69 Å². The van der Waals surface area contributed by atoms with Gasteiger partial charge in [0.15, 0.2) is 44.6 Å². The first-order chi connectivity index (χ1) is 22.6. The van der Waals surface area contributed by atoms with Gasteiger partial charge in [-0.2, -0.15) is 0 Å². The number of hydrogen-bond acceptors (Lipinski definition) is 5. The maximum Gasteiger partial charge on any atom is 0.258 e. The Kier molecular flexibility index (Phi) is 7.36. The molecular formula is C32H17BrCl2F6N2O5. The number of phenols is 1. The van der Waals surface area contributed by atoms with Crippen molar-refractivity contribution in [1.29, 1.82) is 0 Å². The van der Waals surface area contributed by atoms with Crippen LogP contribution in [0.3, 0.4) is 0 Å². The van der Waals surface area contributed by atoms with Crippen molar-refractivity contribution in [3.8, 4) is 5.75 Å². The number of amides is 4. The number of allylic oxidation sites excluding steroid dienone is 2. The topological polar surface area (TPSA) is 95.0 Å². The molecular weight excluding hydrogens is 757 g/mol. The molecule has 2 heterocycles. The Hall–Kier alpha value is -3.88. The standard InChI is InChI=1S/C32H17BrCl2F6N2O5/c33-11-4-6-12(7-5-11)42-27(45)14-9-8-13-16(18(14)28(42)46)10-31(34)29(47)43(25-23(40)21(38)20(37)22(39)24(25)41)30(48)32(31,35)19(13)15-2-1-3-17(36)26(15)44/h1-8,14,16,18-19,44H,9-10H2/t14-,16+,18-,19+,31+,32-/m0/s1. The fourth-order valence-electron chi connectivity index (χ4n) is 7.52. The molecule has 2 aliphatic heterocycles. The van der Waals surface area contributed by atoms with Crippen LogP contribution >= 0.6 is 39.1 Å². The molecule has 0 radical (unpaired) electrons. The van der Waals surface area contributed by atoms with Gasteiger partial charge in [-0.15, -0.1) is 23.2 Å². The Labute approximate surface area is 284 Å². The van der Waals surface area contributed by atoms with Crippen LogP contribution in [0.25, 0.3) is 0 Å². The van der Waals surface area contributed by atoms with Crippen LogP contribution in [0.1, 0.15) is 24.3 Å². The molecule has 6 atom stereocenters. The number of imide groups is 2. The molecule has 0 unspecified atom stereocenters. The summed E-state index contributed by atoms with van der Waals surface area (Å²) < 4.78 is 88.4. The second kappa shape index (κ2) is 10.8. The molecule has 7 nitrogen and oxygen atoms in total. The Balaban J connectivity index is 1.44. The number of carbonyl (C=O) groups excluding carboxylic acids is 4. The number of nitrogens with zero attached hydrogens (tertiary/aromatic N) is 2. The molecule has 3 aromatic carbocycles. The Bertz CT molecular complexity index is 2020. The van der Waals surface area contributed by atoms with E-state index in [0.29, 0.717) is 4.47 Å². The summed E-state index contributed by atoms with van der Waals surface area (Å²) in [6.45, 7) is 0. The van der Waals surface area contributed by atoms with Crippen molar-refractivity contribution in [2.24, 2.45) is 17.8 Å². The number of phenolic OH excluding ortho intramolecular Hbond substituents is 1. The number of hydrogen-bond donors (Lipinski definition) is 1. The zero-order valence-electron chi connectivity index (χ0n) is 23.7. The zero-order chi connectivity index (χ0) is 34.8. The van der Waals surface area contributed by atoms with Gasteiger partial charge >= 0.3 is 0 Å². The Morgan fingerprint density at radius 2 is 1.38 bits per heavy atom. The van der Waals surface area contributed by atoms with E-state index in [9.17, 15) is 41.8 Å². The number of alkyl halides is 2. The smallest absolute Gasteiger partial charge is 0.258 e. The minimum atomic E-state index is -2.89. The lowest BCUT2D eigenvalue weighted by molar-refractivity contribution is -0.125. The predicted octanol–water partition coefficient (Wildman–Crippen LogP) is 6.76. The lowest BCUT2D eigenvalue weighted by Gasteiger charge is -2.50. The lowest BCUT2D eigenvalue weighted by atomic mass is 9.56. The van der Waals surface area contributed by atoms with E-state index in [2.05, 4.69) is 15.9 Å². The summed E-state index contributed by atoms with van der Waals surface area (Å²) in [7, 11) is 0. The van der Waals surface area contributed by atoms with Gasteiger partial charge in [0.05, 0.1) is 17.5 Å². The third-order valence-corrected chi connectivity index (χ3v) is 11.6. The van der Waals surface area contributed by atoms with Crippen molar-refractivity contribution in [3.63, 3.8) is 0 Å². The van der Waals surface area contributed by atoms with E-state index < -0.39 is 115 Å². The molecule has 3 aromatic rings. The highest BCUT2D eigenvalue weighted by molar-refractivity contribution is 9.10. The van der Waals surface area contributed by atoms with Gasteiger partial charge in [-0.1, -0.05) is 39.7 Å². The number of rotatable bonds is 3. The highest BCUT2D eigenvalue weighted by Gasteiger charge is 2.77. The van der Waals surface area contributed by atoms with Crippen molar-refractivity contribution < 1.29 is 50.6 Å². The van der Waals surface area contributed by atoms with Gasteiger partial charge < -0.3 is 5.11 Å². The summed E-state index contributed by atoms with van der Waals surface area (Å²) >= 11 is 17.3. The maximum atomic E-state index is 15.1. The average Bonchev–Trinajstić information content (AvgIpc) is 3.39. The molecule has 1 N–H and O–H groups in total. The first kappa shape index (κ1) is 32.7. The fraction of sp³-hybridized carbons (Fsp3) is 0.250. The van der Waals surface area contributed by atoms with Crippen molar-refractivity contribution in [1.82, 2.24) is 0 Å². The number of anilines is 2. The van der Waals surface area contributed by atoms with E-state index in [0.717, 1.165) is 23.1 Å². The van der Waals surface area contributed by atoms with Gasteiger partial charge in [-0.05, 0) is 49.1 Å². The minimum Gasteiger partial charge on any atom is -0.505 e. The van der Waals surface area contributed by atoms with Crippen LogP contribution in [0, 0.1) is 52.7 Å². The summed E-state index contributed by atoms with van der Waals surface area (Å²) in [5.41, 5.74) is -2.08. The average molecular weight is 774 g/mol. The summed E-state index contributed by atoms with van der Waals surface area (Å²) in [6.07, 6.45) is 0.588. The monoisotopic (exact) mass is 772 g/mol. The summed E-state index contributed by atoms with van der Waals surface area (Å²) in [5, 5.41) is 10.9. The molecule has 0 bridgehead atoms. The van der Waals surface area contributed by atoms with Crippen LogP contribution in [0.5, 0.6) is 5.75 Å². The van der Waals surface area contributed by atoms with E-state index in [1.807, 2.05) is 0 Å². The van der Waals surface area contributed by atoms with Crippen LogP contribution in [0.15, 0.2) is 58.6 Å². The van der Waals surface area contributed by atoms with Gasteiger partial charge in [-0.25, -0.2) is 31.2 Å². The van der Waals surface area contributed by atoms with E-state index in [1.54, 1.807) is 12.1 Å². The number of carbonyl (C=O) groups is 4. The lowest BCUT2D eigenvalue weighted by Crippen LogP contribution is -2.60. The second-order valence-corrected chi connectivity index (χ2v) is 14.0. The predicted molar refractivity (Wildman–Crippen MR) is 161 cm³/mol. The quantitative estimate of drug-likeness (QED) is 0.0794. The van der Waals surface area contributed by atoms with Crippen molar-refractivity contribution in [3.05, 3.63) is 99.1 Å². The van der Waals surface area contributed by atoms with E-state index in [4.69, 9.17) is 23.2 Å². The number of para-hydroxylation sites is 1. The van der Waals surface area contributed by atoms with Crippen molar-refractivity contribution >= 4 is 74.1 Å². The molecule has 3 fully saturated rings. The number of fused-ring (bicyclic) bond motifs is 4. The maximum absolute atomic E-state index is 15.1. The van der Waals surface area contributed by atoms with E-state index >= 15 is 8.78 Å². The van der Waals surface area contributed by atoms with E-state index in [1.165, 1.54) is 18.2 Å². The molecule has 4 amide bonds. The molecule has 2 aliphatic carbocycles. The molecule has 0 aromatic heterocycles. The third-order valence-electron chi connectivity index (χ3n) is 9.64. The molecule has 1 saturated carbocycles.